The van der Waals surface area contributed by atoms with Gasteiger partial charge in [-0.25, -0.2) is 0 Å². The molecule has 5 nitrogen and oxygen atoms in total. The average Bonchev–Trinajstić information content (AvgIpc) is 3.06. The van der Waals surface area contributed by atoms with Crippen LogP contribution in [0.2, 0.25) is 0 Å². The minimum absolute atomic E-state index is 0.00262. The SMILES string of the molecule is N#CC(C#N)=C(C#N)/C=C/c1cnc(C=C2SC=CS2)cn1. The van der Waals surface area contributed by atoms with E-state index in [0.29, 0.717) is 5.69 Å². The zero-order chi connectivity index (χ0) is 15.8. The Morgan fingerprint density at radius 1 is 0.955 bits per heavy atom. The van der Waals surface area contributed by atoms with Gasteiger partial charge in [0, 0.05) is 0 Å². The Labute approximate surface area is 136 Å². The predicted octanol–water partition coefficient (Wildman–Crippen LogP) is 3.61. The Balaban J connectivity index is 2.15. The van der Waals surface area contributed by atoms with Gasteiger partial charge >= 0.3 is 0 Å². The highest BCUT2D eigenvalue weighted by molar-refractivity contribution is 8.27. The van der Waals surface area contributed by atoms with Crippen LogP contribution in [0.4, 0.5) is 0 Å². The van der Waals surface area contributed by atoms with E-state index in [2.05, 4.69) is 9.97 Å². The number of hydrogen-bond acceptors (Lipinski definition) is 7. The highest BCUT2D eigenvalue weighted by atomic mass is 32.2. The van der Waals surface area contributed by atoms with Crippen molar-refractivity contribution in [1.82, 2.24) is 9.97 Å². The van der Waals surface area contributed by atoms with E-state index in [1.165, 1.54) is 12.2 Å². The maximum absolute atomic E-state index is 8.92. The maximum Gasteiger partial charge on any atom is 0.147 e. The van der Waals surface area contributed by atoms with Crippen LogP contribution in [0, 0.1) is 34.0 Å². The lowest BCUT2D eigenvalue weighted by molar-refractivity contribution is 1.16. The summed E-state index contributed by atoms with van der Waals surface area (Å²) in [6.07, 6.45) is 8.04. The van der Waals surface area contributed by atoms with Crippen LogP contribution in [-0.2, 0) is 0 Å². The van der Waals surface area contributed by atoms with Crippen molar-refractivity contribution in [3.8, 4) is 18.2 Å². The molecule has 0 unspecified atom stereocenters. The zero-order valence-electron chi connectivity index (χ0n) is 11.1. The lowest BCUT2D eigenvalue weighted by Crippen LogP contribution is -1.88. The lowest BCUT2D eigenvalue weighted by atomic mass is 10.1. The van der Waals surface area contributed by atoms with E-state index < -0.39 is 0 Å². The summed E-state index contributed by atoms with van der Waals surface area (Å²) in [4.78, 5) is 8.46. The number of thioether (sulfide) groups is 2. The van der Waals surface area contributed by atoms with Crippen molar-refractivity contribution < 1.29 is 0 Å². The first kappa shape index (κ1) is 15.6. The highest BCUT2D eigenvalue weighted by Gasteiger charge is 2.03. The summed E-state index contributed by atoms with van der Waals surface area (Å²) >= 11 is 3.25. The van der Waals surface area contributed by atoms with Crippen LogP contribution in [0.15, 0.2) is 44.7 Å². The number of hydrogen-bond donors (Lipinski definition) is 0. The Bertz CT molecular complexity index is 785. The van der Waals surface area contributed by atoms with Gasteiger partial charge in [0.05, 0.1) is 33.6 Å². The molecule has 1 aliphatic rings. The molecule has 22 heavy (non-hydrogen) atoms. The second kappa shape index (κ2) is 7.85. The van der Waals surface area contributed by atoms with Crippen molar-refractivity contribution >= 4 is 35.7 Å². The van der Waals surface area contributed by atoms with Gasteiger partial charge in [-0.05, 0) is 29.0 Å². The molecule has 2 heterocycles. The molecule has 0 saturated carbocycles. The molecule has 1 aromatic heterocycles. The molecule has 0 fully saturated rings. The van der Waals surface area contributed by atoms with E-state index in [1.54, 1.807) is 48.1 Å². The lowest BCUT2D eigenvalue weighted by Gasteiger charge is -1.96. The normalized spacial score (nSPS) is 12.5. The van der Waals surface area contributed by atoms with Crippen molar-refractivity contribution in [1.29, 1.82) is 15.8 Å². The van der Waals surface area contributed by atoms with Crippen molar-refractivity contribution in [2.45, 2.75) is 0 Å². The molecule has 1 aliphatic heterocycles. The van der Waals surface area contributed by atoms with Crippen molar-refractivity contribution in [2.75, 3.05) is 0 Å². The quantitative estimate of drug-likeness (QED) is 0.619. The second-order valence-corrected chi connectivity index (χ2v) is 5.95. The van der Waals surface area contributed by atoms with Crippen LogP contribution in [0.25, 0.3) is 12.2 Å². The molecular weight excluding hydrogens is 314 g/mol. The first-order valence-electron chi connectivity index (χ1n) is 5.91. The maximum atomic E-state index is 8.92. The highest BCUT2D eigenvalue weighted by Crippen LogP contribution is 2.38. The van der Waals surface area contributed by atoms with Gasteiger partial charge < -0.3 is 0 Å². The minimum Gasteiger partial charge on any atom is -0.253 e. The van der Waals surface area contributed by atoms with Crippen LogP contribution in [0.1, 0.15) is 11.4 Å². The Kier molecular flexibility index (Phi) is 5.57. The van der Waals surface area contributed by atoms with Crippen LogP contribution < -0.4 is 0 Å². The summed E-state index contributed by atoms with van der Waals surface area (Å²) in [6, 6.07) is 5.17. The molecule has 0 aromatic carbocycles. The number of nitrogens with zero attached hydrogens (tertiary/aromatic N) is 5. The fraction of sp³-hybridized carbons (Fsp3) is 0. The molecule has 104 valence electrons. The molecule has 0 spiro atoms. The standard InChI is InChI=1S/C15H7N5S2/c16-6-11(12(7-17)8-18)1-2-13-9-20-14(10-19-13)5-15-21-3-4-22-15/h1-5,9-10H/b2-1+. The second-order valence-electron chi connectivity index (χ2n) is 3.79. The molecule has 0 aliphatic carbocycles. The number of aromatic nitrogens is 2. The molecule has 2 rings (SSSR count). The van der Waals surface area contributed by atoms with Gasteiger partial charge in [0.15, 0.2) is 0 Å². The molecule has 0 radical (unpaired) electrons. The van der Waals surface area contributed by atoms with E-state index in [4.69, 9.17) is 15.8 Å². The van der Waals surface area contributed by atoms with Crippen molar-refractivity contribution in [3.63, 3.8) is 0 Å². The largest absolute Gasteiger partial charge is 0.253 e. The molecule has 0 N–H and O–H groups in total. The van der Waals surface area contributed by atoms with E-state index in [-0.39, 0.29) is 11.1 Å². The van der Waals surface area contributed by atoms with Gasteiger partial charge in [0.2, 0.25) is 0 Å². The van der Waals surface area contributed by atoms with Gasteiger partial charge in [0.1, 0.15) is 23.8 Å². The van der Waals surface area contributed by atoms with Crippen LogP contribution in [0.5, 0.6) is 0 Å². The summed E-state index contributed by atoms with van der Waals surface area (Å²) in [7, 11) is 0. The third-order valence-corrected chi connectivity index (χ3v) is 4.41. The average molecular weight is 321 g/mol. The number of nitriles is 3. The molecule has 7 heteroatoms. The summed E-state index contributed by atoms with van der Waals surface area (Å²) < 4.78 is 1.12. The summed E-state index contributed by atoms with van der Waals surface area (Å²) in [5, 5.41) is 30.4. The van der Waals surface area contributed by atoms with Crippen LogP contribution in [0.3, 0.4) is 0 Å². The van der Waals surface area contributed by atoms with Crippen molar-refractivity contribution in [3.05, 3.63) is 56.1 Å². The van der Waals surface area contributed by atoms with E-state index in [9.17, 15) is 0 Å². The predicted molar refractivity (Wildman–Crippen MR) is 87.2 cm³/mol. The third-order valence-electron chi connectivity index (χ3n) is 2.42. The van der Waals surface area contributed by atoms with Gasteiger partial charge in [-0.15, -0.1) is 0 Å². The van der Waals surface area contributed by atoms with Gasteiger partial charge in [-0.2, -0.15) is 15.8 Å². The fourth-order valence-corrected chi connectivity index (χ4v) is 3.05. The Morgan fingerprint density at radius 2 is 1.59 bits per heavy atom. The molecule has 0 bridgehead atoms. The Morgan fingerprint density at radius 3 is 2.14 bits per heavy atom. The smallest absolute Gasteiger partial charge is 0.147 e. The molecule has 1 aromatic rings. The van der Waals surface area contributed by atoms with Crippen molar-refractivity contribution in [2.24, 2.45) is 0 Å². The molecule has 0 saturated heterocycles. The van der Waals surface area contributed by atoms with E-state index in [0.717, 1.165) is 9.93 Å². The molecular formula is C15H7N5S2. The Hall–Kier alpha value is -2.79. The first-order chi connectivity index (χ1) is 10.8. The fourth-order valence-electron chi connectivity index (χ4n) is 1.41. The van der Waals surface area contributed by atoms with E-state index in [1.807, 2.05) is 23.0 Å². The number of allylic oxidation sites excluding steroid dienone is 3. The summed E-state index contributed by atoms with van der Waals surface area (Å²) in [5.41, 5.74) is 1.05. The van der Waals surface area contributed by atoms with Crippen LogP contribution in [-0.4, -0.2) is 9.97 Å². The monoisotopic (exact) mass is 321 g/mol. The zero-order valence-corrected chi connectivity index (χ0v) is 12.7. The number of rotatable bonds is 3. The van der Waals surface area contributed by atoms with Gasteiger partial charge in [-0.3, -0.25) is 9.97 Å². The van der Waals surface area contributed by atoms with Gasteiger partial charge in [0.25, 0.3) is 0 Å². The summed E-state index contributed by atoms with van der Waals surface area (Å²) in [6.45, 7) is 0. The first-order valence-corrected chi connectivity index (χ1v) is 7.67. The molecule has 0 atom stereocenters. The third kappa shape index (κ3) is 4.10. The topological polar surface area (TPSA) is 97.2 Å². The van der Waals surface area contributed by atoms with Gasteiger partial charge in [-0.1, -0.05) is 23.5 Å². The summed E-state index contributed by atoms with van der Waals surface area (Å²) in [5.74, 6) is 0. The minimum atomic E-state index is -0.226. The van der Waals surface area contributed by atoms with Crippen LogP contribution >= 0.6 is 23.5 Å². The van der Waals surface area contributed by atoms with E-state index >= 15 is 0 Å². The molecule has 0 amide bonds.